The van der Waals surface area contributed by atoms with Crippen LogP contribution in [0, 0.1) is 13.8 Å². The summed E-state index contributed by atoms with van der Waals surface area (Å²) in [5.74, 6) is 1.23. The number of rotatable bonds is 5. The van der Waals surface area contributed by atoms with E-state index in [9.17, 15) is 0 Å². The minimum Gasteiger partial charge on any atom is -0.225 e. The van der Waals surface area contributed by atoms with Gasteiger partial charge in [-0.1, -0.05) is 109 Å². The maximum Gasteiger partial charge on any atom is 0.290 e. The molecular weight excluding hydrogens is 400 g/mol. The summed E-state index contributed by atoms with van der Waals surface area (Å²) in [5.41, 5.74) is 10.1. The maximum atomic E-state index is 2.50. The van der Waals surface area contributed by atoms with Crippen molar-refractivity contribution in [3.63, 3.8) is 0 Å². The highest BCUT2D eigenvalue weighted by atomic mass is 15.2. The molecule has 5 aromatic rings. The van der Waals surface area contributed by atoms with Gasteiger partial charge in [0, 0.05) is 11.1 Å². The largest absolute Gasteiger partial charge is 0.290 e. The van der Waals surface area contributed by atoms with E-state index >= 15 is 0 Å². The van der Waals surface area contributed by atoms with E-state index < -0.39 is 0 Å². The van der Waals surface area contributed by atoms with Gasteiger partial charge in [0.25, 0.3) is 5.82 Å². The van der Waals surface area contributed by atoms with Gasteiger partial charge in [0.2, 0.25) is 0 Å². The summed E-state index contributed by atoms with van der Waals surface area (Å²) in [5, 5.41) is 0. The van der Waals surface area contributed by atoms with Crippen molar-refractivity contribution in [1.82, 2.24) is 4.57 Å². The van der Waals surface area contributed by atoms with Crippen LogP contribution in [0.3, 0.4) is 0 Å². The third-order valence-electron chi connectivity index (χ3n) is 6.39. The summed E-state index contributed by atoms with van der Waals surface area (Å²) >= 11 is 0. The minimum atomic E-state index is 0.800. The van der Waals surface area contributed by atoms with Crippen molar-refractivity contribution in [1.29, 1.82) is 0 Å². The van der Waals surface area contributed by atoms with Gasteiger partial charge in [0.1, 0.15) is 6.54 Å². The van der Waals surface area contributed by atoms with Gasteiger partial charge in [-0.05, 0) is 30.5 Å². The van der Waals surface area contributed by atoms with Gasteiger partial charge < -0.3 is 0 Å². The molecule has 1 heterocycles. The fourth-order valence-electron chi connectivity index (χ4n) is 4.88. The lowest BCUT2D eigenvalue weighted by atomic mass is 10.0. The quantitative estimate of drug-likeness (QED) is 0.267. The van der Waals surface area contributed by atoms with E-state index in [1.54, 1.807) is 0 Å². The topological polar surface area (TPSA) is 8.81 Å². The first kappa shape index (κ1) is 21.0. The molecule has 2 heteroatoms. The van der Waals surface area contributed by atoms with Gasteiger partial charge in [-0.3, -0.25) is 0 Å². The molecule has 0 aliphatic carbocycles. The molecule has 0 spiro atoms. The van der Waals surface area contributed by atoms with Crippen LogP contribution in [0.4, 0.5) is 0 Å². The van der Waals surface area contributed by atoms with Crippen LogP contribution in [0.2, 0.25) is 0 Å². The van der Waals surface area contributed by atoms with E-state index in [1.165, 1.54) is 50.6 Å². The lowest BCUT2D eigenvalue weighted by Gasteiger charge is -2.10. The summed E-state index contributed by atoms with van der Waals surface area (Å²) in [6, 6.07) is 38.9. The van der Waals surface area contributed by atoms with Crippen molar-refractivity contribution >= 4 is 0 Å². The normalized spacial score (nSPS) is 11.0. The molecule has 33 heavy (non-hydrogen) atoms. The Kier molecular flexibility index (Phi) is 5.66. The van der Waals surface area contributed by atoms with Gasteiger partial charge >= 0.3 is 0 Å². The molecule has 0 saturated carbocycles. The van der Waals surface area contributed by atoms with Gasteiger partial charge in [-0.15, -0.1) is 0 Å². The van der Waals surface area contributed by atoms with E-state index in [-0.39, 0.29) is 0 Å². The van der Waals surface area contributed by atoms with E-state index in [0.717, 1.165) is 6.54 Å². The Morgan fingerprint density at radius 3 is 1.70 bits per heavy atom. The van der Waals surface area contributed by atoms with Crippen LogP contribution in [0.15, 0.2) is 109 Å². The highest BCUT2D eigenvalue weighted by Crippen LogP contribution is 2.37. The zero-order valence-electron chi connectivity index (χ0n) is 19.5. The lowest BCUT2D eigenvalue weighted by molar-refractivity contribution is -0.648. The first-order valence-corrected chi connectivity index (χ1v) is 11.5. The van der Waals surface area contributed by atoms with Crippen LogP contribution in [-0.2, 0) is 13.6 Å². The van der Waals surface area contributed by atoms with Crippen LogP contribution < -0.4 is 4.57 Å². The summed E-state index contributed by atoms with van der Waals surface area (Å²) in [6.07, 6.45) is 0. The monoisotopic (exact) mass is 429 g/mol. The van der Waals surface area contributed by atoms with E-state index in [1.807, 2.05) is 0 Å². The summed E-state index contributed by atoms with van der Waals surface area (Å²) < 4.78 is 4.89. The second-order valence-electron chi connectivity index (χ2n) is 8.65. The second kappa shape index (κ2) is 8.91. The van der Waals surface area contributed by atoms with Gasteiger partial charge in [-0.25, -0.2) is 9.13 Å². The number of imidazole rings is 1. The number of nitrogens with zero attached hydrogens (tertiary/aromatic N) is 2. The molecule has 0 aliphatic heterocycles. The minimum absolute atomic E-state index is 0.800. The molecule has 0 bridgehead atoms. The molecule has 0 atom stereocenters. The van der Waals surface area contributed by atoms with Crippen molar-refractivity contribution < 1.29 is 4.57 Å². The smallest absolute Gasteiger partial charge is 0.225 e. The van der Waals surface area contributed by atoms with Gasteiger partial charge in [0.15, 0.2) is 11.4 Å². The molecule has 0 fully saturated rings. The summed E-state index contributed by atoms with van der Waals surface area (Å²) in [4.78, 5) is 0. The molecule has 1 aromatic heterocycles. The average Bonchev–Trinajstić information content (AvgIpc) is 3.12. The molecule has 0 amide bonds. The van der Waals surface area contributed by atoms with Crippen molar-refractivity contribution in [2.75, 3.05) is 0 Å². The predicted octanol–water partition coefficient (Wildman–Crippen LogP) is 6.98. The Hall–Kier alpha value is -3.91. The van der Waals surface area contributed by atoms with Crippen molar-refractivity contribution in [3.8, 4) is 33.9 Å². The molecule has 162 valence electrons. The highest BCUT2D eigenvalue weighted by Gasteiger charge is 2.33. The van der Waals surface area contributed by atoms with Crippen molar-refractivity contribution in [2.24, 2.45) is 7.05 Å². The highest BCUT2D eigenvalue weighted by molar-refractivity contribution is 5.80. The zero-order chi connectivity index (χ0) is 22.8. The second-order valence-corrected chi connectivity index (χ2v) is 8.65. The fourth-order valence-corrected chi connectivity index (χ4v) is 4.88. The average molecular weight is 430 g/mol. The molecule has 0 saturated heterocycles. The Bertz CT molecular complexity index is 1360. The standard InChI is InChI=1S/C31H29N2/c1-23-14-13-15-24(2)28(23)31-32(3)29(26-18-9-5-10-19-26)30(27-20-11-6-12-21-27)33(31)22-25-16-7-4-8-17-25/h4-21H,22H2,1-3H3/q+1. The van der Waals surface area contributed by atoms with E-state index in [0.29, 0.717) is 0 Å². The first-order chi connectivity index (χ1) is 16.1. The number of hydrogen-bond donors (Lipinski definition) is 0. The lowest BCUT2D eigenvalue weighted by Crippen LogP contribution is -2.32. The third-order valence-corrected chi connectivity index (χ3v) is 6.39. The Labute approximate surface area is 196 Å². The number of aromatic nitrogens is 2. The Morgan fingerprint density at radius 1 is 0.606 bits per heavy atom. The number of aryl methyl sites for hydroxylation is 2. The zero-order valence-corrected chi connectivity index (χ0v) is 19.5. The fraction of sp³-hybridized carbons (Fsp3) is 0.129. The van der Waals surface area contributed by atoms with Crippen molar-refractivity contribution in [3.05, 3.63) is 126 Å². The van der Waals surface area contributed by atoms with Crippen molar-refractivity contribution in [2.45, 2.75) is 20.4 Å². The summed E-state index contributed by atoms with van der Waals surface area (Å²) in [6.45, 7) is 5.23. The number of benzene rings is 4. The van der Waals surface area contributed by atoms with Crippen LogP contribution in [0.25, 0.3) is 33.9 Å². The van der Waals surface area contributed by atoms with Gasteiger partial charge in [-0.2, -0.15) is 0 Å². The van der Waals surface area contributed by atoms with E-state index in [4.69, 9.17) is 0 Å². The molecule has 5 rings (SSSR count). The first-order valence-electron chi connectivity index (χ1n) is 11.5. The Morgan fingerprint density at radius 2 is 1.12 bits per heavy atom. The van der Waals surface area contributed by atoms with Crippen LogP contribution >= 0.6 is 0 Å². The molecular formula is C31H29N2+. The molecule has 0 radical (unpaired) electrons. The third kappa shape index (κ3) is 3.89. The van der Waals surface area contributed by atoms with E-state index in [2.05, 4.69) is 139 Å². The van der Waals surface area contributed by atoms with Gasteiger partial charge in [0.05, 0.1) is 12.6 Å². The Balaban J connectivity index is 1.90. The van der Waals surface area contributed by atoms with Crippen LogP contribution in [-0.4, -0.2) is 4.57 Å². The molecule has 4 aromatic carbocycles. The molecule has 0 unspecified atom stereocenters. The van der Waals surface area contributed by atoms with Crippen LogP contribution in [0.5, 0.6) is 0 Å². The predicted molar refractivity (Wildman–Crippen MR) is 137 cm³/mol. The molecule has 2 nitrogen and oxygen atoms in total. The molecule has 0 N–H and O–H groups in total. The molecule has 0 aliphatic rings. The number of hydrogen-bond acceptors (Lipinski definition) is 0. The SMILES string of the molecule is Cc1cccc(C)c1-c1n(Cc2ccccc2)c(-c2ccccc2)c(-c2ccccc2)[n+]1C. The maximum absolute atomic E-state index is 2.50. The summed E-state index contributed by atoms with van der Waals surface area (Å²) in [7, 11) is 2.21. The van der Waals surface area contributed by atoms with Crippen LogP contribution in [0.1, 0.15) is 16.7 Å².